The summed E-state index contributed by atoms with van der Waals surface area (Å²) in [6.07, 6.45) is 9.84. The van der Waals surface area contributed by atoms with Crippen LogP contribution in [0.15, 0.2) is 66.9 Å². The van der Waals surface area contributed by atoms with Crippen molar-refractivity contribution < 1.29 is 9.90 Å². The number of rotatable bonds is 7. The average Bonchev–Trinajstić information content (AvgIpc) is 3.14. The van der Waals surface area contributed by atoms with Crippen LogP contribution in [0.2, 0.25) is 0 Å². The van der Waals surface area contributed by atoms with Crippen molar-refractivity contribution in [1.29, 1.82) is 0 Å². The van der Waals surface area contributed by atoms with Crippen molar-refractivity contribution in [1.82, 2.24) is 9.88 Å². The molecule has 4 nitrogen and oxygen atoms in total. The second-order valence-electron chi connectivity index (χ2n) is 7.54. The molecule has 144 valence electrons. The highest BCUT2D eigenvalue weighted by molar-refractivity contribution is 5.94. The molecule has 0 bridgehead atoms. The Bertz CT molecular complexity index is 975. The van der Waals surface area contributed by atoms with Gasteiger partial charge in [0.05, 0.1) is 5.56 Å². The van der Waals surface area contributed by atoms with Gasteiger partial charge in [-0.15, -0.1) is 0 Å². The lowest BCUT2D eigenvalue weighted by Crippen LogP contribution is -2.32. The van der Waals surface area contributed by atoms with Gasteiger partial charge >= 0.3 is 5.97 Å². The first-order chi connectivity index (χ1) is 13.7. The fourth-order valence-corrected chi connectivity index (χ4v) is 4.06. The molecule has 0 aliphatic carbocycles. The summed E-state index contributed by atoms with van der Waals surface area (Å²) < 4.78 is 0. The van der Waals surface area contributed by atoms with E-state index < -0.39 is 5.97 Å². The van der Waals surface area contributed by atoms with Crippen molar-refractivity contribution >= 4 is 16.9 Å². The Morgan fingerprint density at radius 1 is 1.14 bits per heavy atom. The van der Waals surface area contributed by atoms with Crippen LogP contribution >= 0.6 is 0 Å². The molecule has 0 amide bonds. The van der Waals surface area contributed by atoms with Gasteiger partial charge in [-0.25, -0.2) is 4.79 Å². The molecule has 2 heterocycles. The molecule has 4 heteroatoms. The Morgan fingerprint density at radius 2 is 2.00 bits per heavy atom. The normalized spacial score (nSPS) is 17.2. The van der Waals surface area contributed by atoms with Gasteiger partial charge in [-0.05, 0) is 55.1 Å². The first-order valence-electron chi connectivity index (χ1n) is 9.98. The van der Waals surface area contributed by atoms with Crippen molar-refractivity contribution in [3.8, 4) is 0 Å². The zero-order chi connectivity index (χ0) is 19.3. The van der Waals surface area contributed by atoms with Crippen LogP contribution < -0.4 is 0 Å². The first kappa shape index (κ1) is 18.5. The fourth-order valence-electron chi connectivity index (χ4n) is 4.06. The number of carbonyl (C=O) groups is 1. The fraction of sp³-hybridized carbons (Fsp3) is 0.292. The van der Waals surface area contributed by atoms with Crippen LogP contribution in [0.4, 0.5) is 0 Å². The van der Waals surface area contributed by atoms with Gasteiger partial charge < -0.3 is 10.1 Å². The summed E-state index contributed by atoms with van der Waals surface area (Å²) in [5.74, 6) is -0.391. The molecule has 2 aromatic carbocycles. The number of carboxylic acid groups (broad SMARTS) is 1. The van der Waals surface area contributed by atoms with Gasteiger partial charge in [-0.3, -0.25) is 4.90 Å². The van der Waals surface area contributed by atoms with E-state index in [1.54, 1.807) is 12.1 Å². The maximum absolute atomic E-state index is 11.2. The van der Waals surface area contributed by atoms with Crippen molar-refractivity contribution in [3.05, 3.63) is 83.6 Å². The molecule has 2 N–H and O–H groups in total. The van der Waals surface area contributed by atoms with Gasteiger partial charge in [0.15, 0.2) is 0 Å². The minimum absolute atomic E-state index is 0.348. The molecule has 1 aliphatic rings. The van der Waals surface area contributed by atoms with Gasteiger partial charge in [0, 0.05) is 36.1 Å². The summed E-state index contributed by atoms with van der Waals surface area (Å²) in [5, 5.41) is 10.2. The summed E-state index contributed by atoms with van der Waals surface area (Å²) in [4.78, 5) is 17.0. The van der Waals surface area contributed by atoms with Crippen molar-refractivity contribution in [2.75, 3.05) is 19.6 Å². The Kier molecular flexibility index (Phi) is 5.58. The minimum atomic E-state index is -0.875. The number of hydrogen-bond acceptors (Lipinski definition) is 2. The van der Waals surface area contributed by atoms with E-state index in [1.165, 1.54) is 11.1 Å². The van der Waals surface area contributed by atoms with Crippen molar-refractivity contribution in [3.63, 3.8) is 0 Å². The number of nitrogens with zero attached hydrogens (tertiary/aromatic N) is 1. The molecular formula is C24H26N2O2. The van der Waals surface area contributed by atoms with Crippen molar-refractivity contribution in [2.45, 2.75) is 25.2 Å². The molecule has 1 atom stereocenters. The molecule has 28 heavy (non-hydrogen) atoms. The number of hydrogen-bond donors (Lipinski definition) is 2. The monoisotopic (exact) mass is 374 g/mol. The number of benzene rings is 2. The van der Waals surface area contributed by atoms with Crippen LogP contribution in [0.3, 0.4) is 0 Å². The minimum Gasteiger partial charge on any atom is -0.478 e. The summed E-state index contributed by atoms with van der Waals surface area (Å²) >= 11 is 0. The summed E-state index contributed by atoms with van der Waals surface area (Å²) in [7, 11) is 0. The average molecular weight is 374 g/mol. The van der Waals surface area contributed by atoms with E-state index in [0.717, 1.165) is 49.8 Å². The van der Waals surface area contributed by atoms with Crippen LogP contribution in [0.5, 0.6) is 0 Å². The van der Waals surface area contributed by atoms with Crippen LogP contribution in [-0.4, -0.2) is 40.6 Å². The number of fused-ring (bicyclic) bond motifs is 1. The number of aryl methyl sites for hydroxylation is 1. The summed E-state index contributed by atoms with van der Waals surface area (Å²) in [6, 6.07) is 16.0. The van der Waals surface area contributed by atoms with E-state index in [-0.39, 0.29) is 0 Å². The zero-order valence-corrected chi connectivity index (χ0v) is 16.0. The van der Waals surface area contributed by atoms with Gasteiger partial charge in [-0.2, -0.15) is 0 Å². The topological polar surface area (TPSA) is 56.3 Å². The standard InChI is InChI=1S/C24H26N2O2/c27-24(28)19-11-12-23-22(15-19)20(16-25-23)9-4-5-13-26-14-6-10-21(17-26)18-7-2-1-3-8-18/h1-3,6-8,10-12,15-16,21,25H,4-5,9,13-14,17H2,(H,27,28). The number of carboxylic acids is 1. The van der Waals surface area contributed by atoms with Crippen LogP contribution in [0.1, 0.15) is 40.2 Å². The van der Waals surface area contributed by atoms with Gasteiger partial charge in [-0.1, -0.05) is 42.5 Å². The second kappa shape index (κ2) is 8.44. The number of aromatic carboxylic acids is 1. The molecule has 4 rings (SSSR count). The molecule has 0 saturated carbocycles. The predicted molar refractivity (Wildman–Crippen MR) is 113 cm³/mol. The number of H-pyrrole nitrogens is 1. The Hall–Kier alpha value is -2.85. The largest absolute Gasteiger partial charge is 0.478 e. The first-order valence-corrected chi connectivity index (χ1v) is 9.98. The predicted octanol–water partition coefficient (Wildman–Crippen LogP) is 4.84. The lowest BCUT2D eigenvalue weighted by atomic mass is 9.95. The smallest absolute Gasteiger partial charge is 0.335 e. The highest BCUT2D eigenvalue weighted by Crippen LogP contribution is 2.23. The second-order valence-corrected chi connectivity index (χ2v) is 7.54. The van der Waals surface area contributed by atoms with E-state index in [4.69, 9.17) is 0 Å². The van der Waals surface area contributed by atoms with Crippen molar-refractivity contribution in [2.24, 2.45) is 0 Å². The molecule has 1 aromatic heterocycles. The number of aromatic nitrogens is 1. The maximum Gasteiger partial charge on any atom is 0.335 e. The van der Waals surface area contributed by atoms with Crippen LogP contribution in [0.25, 0.3) is 10.9 Å². The lowest BCUT2D eigenvalue weighted by molar-refractivity contribution is 0.0697. The number of aromatic amines is 1. The maximum atomic E-state index is 11.2. The third-order valence-corrected chi connectivity index (χ3v) is 5.60. The Labute approximate surface area is 165 Å². The van der Waals surface area contributed by atoms with Crippen LogP contribution in [0, 0.1) is 0 Å². The molecule has 1 aliphatic heterocycles. The van der Waals surface area contributed by atoms with Gasteiger partial charge in [0.25, 0.3) is 0 Å². The third-order valence-electron chi connectivity index (χ3n) is 5.60. The third kappa shape index (κ3) is 4.18. The molecule has 0 radical (unpaired) electrons. The quantitative estimate of drug-likeness (QED) is 0.459. The van der Waals surface area contributed by atoms with E-state index in [1.807, 2.05) is 12.3 Å². The van der Waals surface area contributed by atoms with E-state index in [2.05, 4.69) is 52.4 Å². The van der Waals surface area contributed by atoms with Gasteiger partial charge in [0.1, 0.15) is 0 Å². The Morgan fingerprint density at radius 3 is 2.82 bits per heavy atom. The van der Waals surface area contributed by atoms with E-state index in [0.29, 0.717) is 11.5 Å². The summed E-state index contributed by atoms with van der Waals surface area (Å²) in [5.41, 5.74) is 3.95. The SMILES string of the molecule is O=C(O)c1ccc2[nH]cc(CCCCN3CC=CC(c4ccccc4)C3)c2c1. The molecule has 0 fully saturated rings. The summed E-state index contributed by atoms with van der Waals surface area (Å²) in [6.45, 7) is 3.20. The van der Waals surface area contributed by atoms with Crippen LogP contribution in [-0.2, 0) is 6.42 Å². The molecule has 1 unspecified atom stereocenters. The highest BCUT2D eigenvalue weighted by Gasteiger charge is 2.16. The molecule has 0 saturated heterocycles. The van der Waals surface area contributed by atoms with E-state index in [9.17, 15) is 9.90 Å². The molecule has 3 aromatic rings. The number of unbranched alkanes of at least 4 members (excludes halogenated alkanes) is 1. The lowest BCUT2D eigenvalue weighted by Gasteiger charge is -2.29. The zero-order valence-electron chi connectivity index (χ0n) is 16.0. The molecular weight excluding hydrogens is 348 g/mol. The van der Waals surface area contributed by atoms with E-state index >= 15 is 0 Å². The Balaban J connectivity index is 1.30. The molecule has 0 spiro atoms. The van der Waals surface area contributed by atoms with Gasteiger partial charge in [0.2, 0.25) is 0 Å². The highest BCUT2D eigenvalue weighted by atomic mass is 16.4. The number of nitrogens with one attached hydrogen (secondary N) is 1.